The van der Waals surface area contributed by atoms with E-state index < -0.39 is 0 Å². The second-order valence-electron chi connectivity index (χ2n) is 7.75. The number of pyridine rings is 1. The smallest absolute Gasteiger partial charge is 0.136 e. The summed E-state index contributed by atoms with van der Waals surface area (Å²) in [7, 11) is 3.37. The standard InChI is InChI=1S/C20H29N5O2/c1-20(2,3)19-22-15(14-26-4)12-18(23-19)25-10-8-24(9-11-25)17-13-16(27-5)6-7-21-17/h6-7,12-13H,8-11,14H2,1-5H3. The number of methoxy groups -OCH3 is 2. The summed E-state index contributed by atoms with van der Waals surface area (Å²) in [6.45, 7) is 10.4. The minimum Gasteiger partial charge on any atom is -0.497 e. The first-order chi connectivity index (χ1) is 12.9. The van der Waals surface area contributed by atoms with Gasteiger partial charge in [-0.25, -0.2) is 15.0 Å². The molecule has 0 amide bonds. The summed E-state index contributed by atoms with van der Waals surface area (Å²) < 4.78 is 10.6. The molecule has 0 saturated carbocycles. The van der Waals surface area contributed by atoms with Gasteiger partial charge < -0.3 is 19.3 Å². The lowest BCUT2D eigenvalue weighted by Crippen LogP contribution is -2.47. The van der Waals surface area contributed by atoms with Crippen LogP contribution in [0.1, 0.15) is 32.3 Å². The van der Waals surface area contributed by atoms with Gasteiger partial charge in [0.2, 0.25) is 0 Å². The van der Waals surface area contributed by atoms with Crippen LogP contribution >= 0.6 is 0 Å². The quantitative estimate of drug-likeness (QED) is 0.800. The van der Waals surface area contributed by atoms with E-state index in [2.05, 4.69) is 40.5 Å². The predicted molar refractivity (Wildman–Crippen MR) is 107 cm³/mol. The maximum atomic E-state index is 5.31. The van der Waals surface area contributed by atoms with Crippen molar-refractivity contribution in [1.29, 1.82) is 0 Å². The van der Waals surface area contributed by atoms with Gasteiger partial charge in [0.15, 0.2) is 0 Å². The molecule has 146 valence electrons. The largest absolute Gasteiger partial charge is 0.497 e. The topological polar surface area (TPSA) is 63.6 Å². The zero-order chi connectivity index (χ0) is 19.4. The summed E-state index contributed by atoms with van der Waals surface area (Å²) in [6, 6.07) is 5.89. The highest BCUT2D eigenvalue weighted by Gasteiger charge is 2.24. The Kier molecular flexibility index (Phi) is 5.79. The molecule has 1 aliphatic rings. The van der Waals surface area contributed by atoms with Crippen molar-refractivity contribution in [3.05, 3.63) is 35.9 Å². The van der Waals surface area contributed by atoms with Crippen molar-refractivity contribution in [3.63, 3.8) is 0 Å². The molecule has 0 bridgehead atoms. The van der Waals surface area contributed by atoms with Crippen LogP contribution in [0.3, 0.4) is 0 Å². The molecule has 27 heavy (non-hydrogen) atoms. The normalized spacial score (nSPS) is 15.1. The fraction of sp³-hybridized carbons (Fsp3) is 0.550. The molecular formula is C20H29N5O2. The van der Waals surface area contributed by atoms with Crippen LogP contribution in [0.15, 0.2) is 24.4 Å². The van der Waals surface area contributed by atoms with Gasteiger partial charge in [0.05, 0.1) is 19.4 Å². The zero-order valence-electron chi connectivity index (χ0n) is 16.9. The first-order valence-electron chi connectivity index (χ1n) is 9.28. The minimum atomic E-state index is -0.106. The Labute approximate surface area is 161 Å². The lowest BCUT2D eigenvalue weighted by atomic mass is 9.95. The van der Waals surface area contributed by atoms with E-state index >= 15 is 0 Å². The Morgan fingerprint density at radius 2 is 1.63 bits per heavy atom. The van der Waals surface area contributed by atoms with Crippen LogP contribution in [0, 0.1) is 0 Å². The van der Waals surface area contributed by atoms with E-state index in [0.29, 0.717) is 6.61 Å². The average molecular weight is 371 g/mol. The van der Waals surface area contributed by atoms with Crippen LogP contribution in [-0.4, -0.2) is 55.4 Å². The average Bonchev–Trinajstić information content (AvgIpc) is 2.67. The highest BCUT2D eigenvalue weighted by Crippen LogP contribution is 2.25. The Morgan fingerprint density at radius 1 is 0.963 bits per heavy atom. The van der Waals surface area contributed by atoms with Gasteiger partial charge in [0, 0.05) is 57.0 Å². The molecule has 2 aromatic heterocycles. The van der Waals surface area contributed by atoms with Gasteiger partial charge in [0.1, 0.15) is 23.2 Å². The number of rotatable bonds is 5. The number of aromatic nitrogens is 3. The Morgan fingerprint density at radius 3 is 2.22 bits per heavy atom. The summed E-state index contributed by atoms with van der Waals surface area (Å²) in [5.74, 6) is 3.61. The van der Waals surface area contributed by atoms with E-state index in [-0.39, 0.29) is 5.41 Å². The van der Waals surface area contributed by atoms with Crippen molar-refractivity contribution in [2.75, 3.05) is 50.2 Å². The number of nitrogens with zero attached hydrogens (tertiary/aromatic N) is 5. The lowest BCUT2D eigenvalue weighted by molar-refractivity contribution is 0.181. The van der Waals surface area contributed by atoms with E-state index in [1.54, 1.807) is 20.4 Å². The Hall–Kier alpha value is -2.41. The maximum absolute atomic E-state index is 5.31. The first-order valence-corrected chi connectivity index (χ1v) is 9.28. The predicted octanol–water partition coefficient (Wildman–Crippen LogP) is 2.65. The monoisotopic (exact) mass is 371 g/mol. The number of piperazine rings is 1. The van der Waals surface area contributed by atoms with Gasteiger partial charge in [0.25, 0.3) is 0 Å². The van der Waals surface area contributed by atoms with Crippen LogP contribution < -0.4 is 14.5 Å². The Balaban J connectivity index is 1.76. The first kappa shape index (κ1) is 19.4. The summed E-state index contributed by atoms with van der Waals surface area (Å²) in [5, 5.41) is 0. The van der Waals surface area contributed by atoms with Crippen LogP contribution in [-0.2, 0) is 16.8 Å². The van der Waals surface area contributed by atoms with Crippen molar-refractivity contribution in [2.24, 2.45) is 0 Å². The molecule has 3 heterocycles. The maximum Gasteiger partial charge on any atom is 0.136 e. The minimum absolute atomic E-state index is 0.106. The van der Waals surface area contributed by atoms with E-state index in [1.165, 1.54) is 0 Å². The van der Waals surface area contributed by atoms with Gasteiger partial charge in [-0.3, -0.25) is 0 Å². The molecule has 0 spiro atoms. The molecular weight excluding hydrogens is 342 g/mol. The van der Waals surface area contributed by atoms with E-state index in [4.69, 9.17) is 14.5 Å². The molecule has 1 aliphatic heterocycles. The number of hydrogen-bond donors (Lipinski definition) is 0. The van der Waals surface area contributed by atoms with Gasteiger partial charge in [-0.1, -0.05) is 20.8 Å². The Bertz CT molecular complexity index is 767. The van der Waals surface area contributed by atoms with Crippen LogP contribution in [0.25, 0.3) is 0 Å². The number of anilines is 2. The second kappa shape index (κ2) is 8.08. The van der Waals surface area contributed by atoms with Crippen molar-refractivity contribution in [3.8, 4) is 5.75 Å². The van der Waals surface area contributed by atoms with Gasteiger partial charge in [-0.2, -0.15) is 0 Å². The molecule has 3 rings (SSSR count). The number of hydrogen-bond acceptors (Lipinski definition) is 7. The molecule has 0 radical (unpaired) electrons. The van der Waals surface area contributed by atoms with Gasteiger partial charge in [-0.15, -0.1) is 0 Å². The van der Waals surface area contributed by atoms with Gasteiger partial charge >= 0.3 is 0 Å². The third-order valence-corrected chi connectivity index (χ3v) is 4.61. The summed E-state index contributed by atoms with van der Waals surface area (Å²) in [4.78, 5) is 18.6. The van der Waals surface area contributed by atoms with Crippen molar-refractivity contribution in [1.82, 2.24) is 15.0 Å². The highest BCUT2D eigenvalue weighted by molar-refractivity contribution is 5.48. The molecule has 1 saturated heterocycles. The summed E-state index contributed by atoms with van der Waals surface area (Å²) in [6.07, 6.45) is 1.79. The molecule has 0 aliphatic carbocycles. The van der Waals surface area contributed by atoms with Crippen LogP contribution in [0.2, 0.25) is 0 Å². The summed E-state index contributed by atoms with van der Waals surface area (Å²) in [5.41, 5.74) is 0.814. The van der Waals surface area contributed by atoms with E-state index in [1.807, 2.05) is 18.2 Å². The molecule has 1 fully saturated rings. The molecule has 0 unspecified atom stereocenters. The molecule has 0 N–H and O–H groups in total. The fourth-order valence-corrected chi connectivity index (χ4v) is 3.07. The van der Waals surface area contributed by atoms with Crippen molar-refractivity contribution >= 4 is 11.6 Å². The highest BCUT2D eigenvalue weighted by atomic mass is 16.5. The van der Waals surface area contributed by atoms with Crippen molar-refractivity contribution < 1.29 is 9.47 Å². The zero-order valence-corrected chi connectivity index (χ0v) is 16.9. The molecule has 7 heteroatoms. The van der Waals surface area contributed by atoms with E-state index in [9.17, 15) is 0 Å². The van der Waals surface area contributed by atoms with Crippen LogP contribution in [0.4, 0.5) is 11.6 Å². The van der Waals surface area contributed by atoms with E-state index in [0.717, 1.165) is 55.1 Å². The second-order valence-corrected chi connectivity index (χ2v) is 7.75. The van der Waals surface area contributed by atoms with Crippen molar-refractivity contribution in [2.45, 2.75) is 32.8 Å². The third-order valence-electron chi connectivity index (χ3n) is 4.61. The molecule has 2 aromatic rings. The van der Waals surface area contributed by atoms with Crippen LogP contribution in [0.5, 0.6) is 5.75 Å². The molecule has 0 aromatic carbocycles. The number of ether oxygens (including phenoxy) is 2. The summed E-state index contributed by atoms with van der Waals surface area (Å²) >= 11 is 0. The lowest BCUT2D eigenvalue weighted by Gasteiger charge is -2.36. The fourth-order valence-electron chi connectivity index (χ4n) is 3.07. The SMILES string of the molecule is COCc1cc(N2CCN(c3cc(OC)ccn3)CC2)nc(C(C)(C)C)n1. The third kappa shape index (κ3) is 4.66. The van der Waals surface area contributed by atoms with Gasteiger partial charge in [-0.05, 0) is 6.07 Å². The molecule has 7 nitrogen and oxygen atoms in total. The molecule has 0 atom stereocenters.